The molecule has 0 aromatic carbocycles. The van der Waals surface area contributed by atoms with Gasteiger partial charge in [-0.15, -0.1) is 0 Å². The number of rotatable bonds is 4. The molecule has 5 heterocycles. The molecule has 2 aliphatic heterocycles. The molecule has 2 saturated heterocycles. The molecule has 13 heteroatoms. The van der Waals surface area contributed by atoms with Crippen LogP contribution in [0.5, 0.6) is 0 Å². The Morgan fingerprint density at radius 3 is 2.59 bits per heavy atom. The molecule has 0 N–H and O–H groups in total. The third kappa shape index (κ3) is 4.03. The predicted molar refractivity (Wildman–Crippen MR) is 111 cm³/mol. The zero-order valence-electron chi connectivity index (χ0n) is 17.8. The van der Waals surface area contributed by atoms with Crippen LogP contribution in [0.1, 0.15) is 24.8 Å². The highest BCUT2D eigenvalue weighted by Gasteiger charge is 2.47. The van der Waals surface area contributed by atoms with Gasteiger partial charge < -0.3 is 9.80 Å². The van der Waals surface area contributed by atoms with Crippen LogP contribution in [-0.4, -0.2) is 56.7 Å². The SMILES string of the molecule is O=C1CC2(CCN(c3cnc4cnn(CC(F)F)c4n3)CC2)CN1c1ccncc1C(F)(F)F. The third-order valence-corrected chi connectivity index (χ3v) is 6.51. The number of fused-ring (bicyclic) bond motifs is 1. The Balaban J connectivity index is 1.33. The Bertz CT molecular complexity index is 1220. The maximum atomic E-state index is 13.4. The van der Waals surface area contributed by atoms with Gasteiger partial charge in [0.25, 0.3) is 6.43 Å². The number of carbonyl (C=O) groups is 1. The van der Waals surface area contributed by atoms with E-state index in [2.05, 4.69) is 20.1 Å². The summed E-state index contributed by atoms with van der Waals surface area (Å²) in [5, 5.41) is 3.91. The number of anilines is 2. The van der Waals surface area contributed by atoms with E-state index in [-0.39, 0.29) is 30.2 Å². The van der Waals surface area contributed by atoms with Gasteiger partial charge in [0.05, 0.1) is 23.6 Å². The summed E-state index contributed by atoms with van der Waals surface area (Å²) < 4.78 is 67.1. The first kappa shape index (κ1) is 22.4. The highest BCUT2D eigenvalue weighted by molar-refractivity contribution is 5.97. The van der Waals surface area contributed by atoms with Crippen molar-refractivity contribution in [1.29, 1.82) is 0 Å². The molecule has 5 rings (SSSR count). The second-order valence-corrected chi connectivity index (χ2v) is 8.69. The molecule has 1 amide bonds. The van der Waals surface area contributed by atoms with Gasteiger partial charge in [-0.25, -0.2) is 23.4 Å². The number of hydrogen-bond donors (Lipinski definition) is 0. The average molecular weight is 481 g/mol. The van der Waals surface area contributed by atoms with Gasteiger partial charge in [-0.1, -0.05) is 0 Å². The first-order valence-electron chi connectivity index (χ1n) is 10.7. The highest BCUT2D eigenvalue weighted by atomic mass is 19.4. The maximum absolute atomic E-state index is 13.4. The number of halogens is 5. The Morgan fingerprint density at radius 1 is 1.12 bits per heavy atom. The molecule has 3 aromatic rings. The number of hydrogen-bond acceptors (Lipinski definition) is 6. The van der Waals surface area contributed by atoms with Crippen molar-refractivity contribution in [3.63, 3.8) is 0 Å². The van der Waals surface area contributed by atoms with Crippen molar-refractivity contribution in [3.05, 3.63) is 36.4 Å². The van der Waals surface area contributed by atoms with Crippen LogP contribution in [0.3, 0.4) is 0 Å². The number of carbonyl (C=O) groups excluding carboxylic acids is 1. The Kier molecular flexibility index (Phi) is 5.36. The standard InChI is InChI=1S/C21H20F5N7O/c22-16(23)11-33-19-14(9-29-33)28-10-17(30-19)31-5-2-20(3-6-31)7-18(34)32(12-20)15-1-4-27-8-13(15)21(24,25)26/h1,4,8-10,16H,2-3,5-7,11-12H2. The van der Waals surface area contributed by atoms with Crippen LogP contribution in [0.25, 0.3) is 11.2 Å². The molecule has 1 spiro atoms. The topological polar surface area (TPSA) is 80.0 Å². The van der Waals surface area contributed by atoms with Crippen LogP contribution in [0.2, 0.25) is 0 Å². The molecule has 2 fully saturated rings. The van der Waals surface area contributed by atoms with Crippen LogP contribution in [-0.2, 0) is 17.5 Å². The predicted octanol–water partition coefficient (Wildman–Crippen LogP) is 3.53. The van der Waals surface area contributed by atoms with Crippen molar-refractivity contribution in [2.24, 2.45) is 5.41 Å². The minimum atomic E-state index is -4.61. The Morgan fingerprint density at radius 2 is 1.88 bits per heavy atom. The second-order valence-electron chi connectivity index (χ2n) is 8.69. The van der Waals surface area contributed by atoms with Crippen LogP contribution in [0, 0.1) is 5.41 Å². The lowest BCUT2D eigenvalue weighted by Gasteiger charge is -2.39. The average Bonchev–Trinajstić information content (AvgIpc) is 3.33. The fraction of sp³-hybridized carbons (Fsp3) is 0.476. The fourth-order valence-electron chi connectivity index (χ4n) is 4.76. The Labute approximate surface area is 190 Å². The smallest absolute Gasteiger partial charge is 0.355 e. The molecule has 0 atom stereocenters. The van der Waals surface area contributed by atoms with Gasteiger partial charge >= 0.3 is 6.18 Å². The molecule has 0 radical (unpaired) electrons. The maximum Gasteiger partial charge on any atom is 0.419 e. The summed E-state index contributed by atoms with van der Waals surface area (Å²) in [5.41, 5.74) is -0.878. The van der Waals surface area contributed by atoms with Crippen molar-refractivity contribution in [2.75, 3.05) is 29.4 Å². The second kappa shape index (κ2) is 8.13. The first-order chi connectivity index (χ1) is 16.2. The molecule has 0 aliphatic carbocycles. The van der Waals surface area contributed by atoms with E-state index < -0.39 is 30.1 Å². The van der Waals surface area contributed by atoms with Gasteiger partial charge in [0.15, 0.2) is 5.65 Å². The van der Waals surface area contributed by atoms with Crippen LogP contribution in [0.4, 0.5) is 33.5 Å². The van der Waals surface area contributed by atoms with Crippen molar-refractivity contribution >= 4 is 28.6 Å². The van der Waals surface area contributed by atoms with Crippen molar-refractivity contribution in [2.45, 2.75) is 38.4 Å². The first-order valence-corrected chi connectivity index (χ1v) is 10.7. The zero-order valence-corrected chi connectivity index (χ0v) is 17.8. The summed E-state index contributed by atoms with van der Waals surface area (Å²) in [7, 11) is 0. The lowest BCUT2D eigenvalue weighted by Crippen LogP contribution is -2.42. The van der Waals surface area contributed by atoms with Gasteiger partial charge in [0.2, 0.25) is 5.91 Å². The van der Waals surface area contributed by atoms with E-state index in [9.17, 15) is 26.7 Å². The summed E-state index contributed by atoms with van der Waals surface area (Å²) >= 11 is 0. The van der Waals surface area contributed by atoms with E-state index in [1.165, 1.54) is 23.4 Å². The fourth-order valence-corrected chi connectivity index (χ4v) is 4.76. The normalized spacial score (nSPS) is 18.6. The van der Waals surface area contributed by atoms with Gasteiger partial charge in [-0.2, -0.15) is 18.3 Å². The van der Waals surface area contributed by atoms with Crippen LogP contribution in [0.15, 0.2) is 30.9 Å². The summed E-state index contributed by atoms with van der Waals surface area (Å²) in [6.45, 7) is 0.621. The van der Waals surface area contributed by atoms with Crippen molar-refractivity contribution in [3.8, 4) is 0 Å². The third-order valence-electron chi connectivity index (χ3n) is 6.51. The molecular weight excluding hydrogens is 461 g/mol. The van der Waals surface area contributed by atoms with Gasteiger partial charge in [0, 0.05) is 43.9 Å². The number of aromatic nitrogens is 5. The number of nitrogens with zero attached hydrogens (tertiary/aromatic N) is 7. The summed E-state index contributed by atoms with van der Waals surface area (Å²) in [4.78, 5) is 28.2. The summed E-state index contributed by atoms with van der Waals surface area (Å²) in [5.74, 6) is 0.162. The molecule has 0 saturated carbocycles. The molecule has 0 bridgehead atoms. The monoisotopic (exact) mass is 481 g/mol. The molecule has 34 heavy (non-hydrogen) atoms. The van der Waals surface area contributed by atoms with Crippen LogP contribution >= 0.6 is 0 Å². The summed E-state index contributed by atoms with van der Waals surface area (Å²) in [6.07, 6.45) is -0.980. The van der Waals surface area contributed by atoms with Gasteiger partial charge in [0.1, 0.15) is 17.9 Å². The number of amides is 1. The van der Waals surface area contributed by atoms with E-state index in [4.69, 9.17) is 0 Å². The minimum Gasteiger partial charge on any atom is -0.355 e. The van der Waals surface area contributed by atoms with E-state index in [0.29, 0.717) is 37.3 Å². The van der Waals surface area contributed by atoms with Crippen molar-refractivity contribution in [1.82, 2.24) is 24.7 Å². The van der Waals surface area contributed by atoms with Gasteiger partial charge in [-0.05, 0) is 18.9 Å². The zero-order chi connectivity index (χ0) is 24.1. The van der Waals surface area contributed by atoms with Crippen LogP contribution < -0.4 is 9.80 Å². The molecule has 3 aromatic heterocycles. The lowest BCUT2D eigenvalue weighted by molar-refractivity contribution is -0.137. The molecule has 8 nitrogen and oxygen atoms in total. The minimum absolute atomic E-state index is 0.159. The molecule has 180 valence electrons. The number of pyridine rings is 1. The molecule has 2 aliphatic rings. The van der Waals surface area contributed by atoms with Gasteiger partial charge in [-0.3, -0.25) is 9.78 Å². The lowest BCUT2D eigenvalue weighted by atomic mass is 9.77. The van der Waals surface area contributed by atoms with Crippen molar-refractivity contribution < 1.29 is 26.7 Å². The summed E-state index contributed by atoms with van der Waals surface area (Å²) in [6, 6.07) is 1.22. The van der Waals surface area contributed by atoms with E-state index in [0.717, 1.165) is 10.9 Å². The largest absolute Gasteiger partial charge is 0.419 e. The number of alkyl halides is 5. The van der Waals surface area contributed by atoms with E-state index in [1.54, 1.807) is 6.20 Å². The quantitative estimate of drug-likeness (QED) is 0.531. The van der Waals surface area contributed by atoms with E-state index >= 15 is 0 Å². The number of piperidine rings is 1. The highest BCUT2D eigenvalue weighted by Crippen LogP contribution is 2.45. The molecule has 0 unspecified atom stereocenters. The van der Waals surface area contributed by atoms with E-state index in [1.807, 2.05) is 4.90 Å². The molecular formula is C21H20F5N7O. The Hall–Kier alpha value is -3.38.